The zero-order valence-corrected chi connectivity index (χ0v) is 45.0. The Morgan fingerprint density at radius 1 is 0.295 bits per heavy atom. The summed E-state index contributed by atoms with van der Waals surface area (Å²) in [4.78, 5) is 4.99. The Hall–Kier alpha value is -9.18. The molecule has 0 bridgehead atoms. The van der Waals surface area contributed by atoms with Gasteiger partial charge in [-0.2, -0.15) is 0 Å². The van der Waals surface area contributed by atoms with Crippen LogP contribution in [0.2, 0.25) is 0 Å². The van der Waals surface area contributed by atoms with Gasteiger partial charge >= 0.3 is 0 Å². The van der Waals surface area contributed by atoms with Crippen LogP contribution in [-0.4, -0.2) is 4.57 Å². The van der Waals surface area contributed by atoms with Gasteiger partial charge in [-0.25, -0.2) is 0 Å². The standard InChI is InChI=1S/C75H59N3/c1-73(2)62-24-14-17-27-70(62)78-71-28-18-15-25-63(71)74(3,4)67-46-53(45-66(73)72(67)78)52-33-40-58-59-41-39-57(47-65(59)75(5,6)64(58)44-52)76(55-35-29-49(30-36-55)48-19-9-7-10-20-48)56-37-31-50(32-38-56)51-34-42-69-61(43-51)60-23-13-16-26-68(60)77(69)54-21-11-8-12-22-54/h7-47H,1-6H3. The van der Waals surface area contributed by atoms with E-state index in [2.05, 4.69) is 305 Å². The monoisotopic (exact) mass is 1000 g/mol. The lowest BCUT2D eigenvalue weighted by atomic mass is 9.65. The summed E-state index contributed by atoms with van der Waals surface area (Å²) in [6.07, 6.45) is 0. The van der Waals surface area contributed by atoms with Crippen LogP contribution in [-0.2, 0) is 16.2 Å². The molecule has 1 aromatic heterocycles. The summed E-state index contributed by atoms with van der Waals surface area (Å²) in [5, 5.41) is 2.50. The fourth-order valence-corrected chi connectivity index (χ4v) is 13.8. The van der Waals surface area contributed by atoms with Crippen LogP contribution in [0.4, 0.5) is 34.1 Å². The normalized spacial score (nSPS) is 14.8. The molecule has 0 fully saturated rings. The van der Waals surface area contributed by atoms with Crippen LogP contribution < -0.4 is 9.80 Å². The molecular weight excluding hydrogens is 943 g/mol. The van der Waals surface area contributed by atoms with E-state index in [-0.39, 0.29) is 16.2 Å². The summed E-state index contributed by atoms with van der Waals surface area (Å²) in [7, 11) is 0. The number of aromatic nitrogens is 1. The van der Waals surface area contributed by atoms with Gasteiger partial charge in [-0.1, -0.05) is 193 Å². The van der Waals surface area contributed by atoms with E-state index in [9.17, 15) is 0 Å². The van der Waals surface area contributed by atoms with Crippen molar-refractivity contribution >= 4 is 55.9 Å². The van der Waals surface area contributed by atoms with E-state index in [1.54, 1.807) is 0 Å². The molecule has 374 valence electrons. The smallest absolute Gasteiger partial charge is 0.0544 e. The molecule has 0 spiro atoms. The first-order chi connectivity index (χ1) is 37.9. The Kier molecular flexibility index (Phi) is 10.0. The number of hydrogen-bond donors (Lipinski definition) is 0. The summed E-state index contributed by atoms with van der Waals surface area (Å²) < 4.78 is 2.38. The van der Waals surface area contributed by atoms with Crippen molar-refractivity contribution in [2.24, 2.45) is 0 Å². The van der Waals surface area contributed by atoms with Crippen molar-refractivity contribution in [2.75, 3.05) is 9.80 Å². The predicted octanol–water partition coefficient (Wildman–Crippen LogP) is 20.3. The Morgan fingerprint density at radius 2 is 0.731 bits per heavy atom. The van der Waals surface area contributed by atoms with Crippen molar-refractivity contribution in [3.8, 4) is 50.2 Å². The number of benzene rings is 11. The van der Waals surface area contributed by atoms with Crippen LogP contribution in [0.25, 0.3) is 72.0 Å². The molecule has 2 aliphatic heterocycles. The molecule has 12 aromatic rings. The summed E-state index contributed by atoms with van der Waals surface area (Å²) >= 11 is 0. The minimum atomic E-state index is -0.263. The molecular formula is C75H59N3. The highest BCUT2D eigenvalue weighted by atomic mass is 15.2. The Morgan fingerprint density at radius 3 is 1.37 bits per heavy atom. The minimum Gasteiger partial charge on any atom is -0.310 e. The predicted molar refractivity (Wildman–Crippen MR) is 328 cm³/mol. The van der Waals surface area contributed by atoms with Crippen LogP contribution >= 0.6 is 0 Å². The van der Waals surface area contributed by atoms with Gasteiger partial charge in [0.25, 0.3) is 0 Å². The molecule has 0 unspecified atom stereocenters. The topological polar surface area (TPSA) is 11.4 Å². The van der Waals surface area contributed by atoms with Gasteiger partial charge in [0.05, 0.1) is 28.1 Å². The van der Waals surface area contributed by atoms with E-state index in [1.807, 2.05) is 0 Å². The van der Waals surface area contributed by atoms with E-state index in [1.165, 1.54) is 122 Å². The minimum absolute atomic E-state index is 0.202. The second kappa shape index (κ2) is 16.9. The van der Waals surface area contributed by atoms with Gasteiger partial charge in [-0.15, -0.1) is 0 Å². The summed E-state index contributed by atoms with van der Waals surface area (Å²) in [5.41, 5.74) is 28.2. The van der Waals surface area contributed by atoms with Crippen LogP contribution in [0.1, 0.15) is 74.9 Å². The third-order valence-corrected chi connectivity index (χ3v) is 17.9. The number of rotatable bonds is 7. The number of nitrogens with zero attached hydrogens (tertiary/aromatic N) is 3. The summed E-state index contributed by atoms with van der Waals surface area (Å²) in [5.74, 6) is 0. The van der Waals surface area contributed by atoms with Crippen molar-refractivity contribution in [3.05, 3.63) is 282 Å². The van der Waals surface area contributed by atoms with Crippen molar-refractivity contribution in [1.29, 1.82) is 0 Å². The second-order valence-electron chi connectivity index (χ2n) is 23.4. The van der Waals surface area contributed by atoms with Gasteiger partial charge in [0, 0.05) is 49.8 Å². The van der Waals surface area contributed by atoms with Gasteiger partial charge in [-0.05, 0) is 175 Å². The van der Waals surface area contributed by atoms with Gasteiger partial charge in [0.1, 0.15) is 0 Å². The molecule has 15 rings (SSSR count). The van der Waals surface area contributed by atoms with E-state index in [0.29, 0.717) is 0 Å². The van der Waals surface area contributed by atoms with Gasteiger partial charge in [-0.3, -0.25) is 0 Å². The second-order valence-corrected chi connectivity index (χ2v) is 23.4. The molecule has 11 aromatic carbocycles. The molecule has 0 amide bonds. The molecule has 1 aliphatic carbocycles. The average molecular weight is 1000 g/mol. The zero-order valence-electron chi connectivity index (χ0n) is 45.0. The van der Waals surface area contributed by atoms with Gasteiger partial charge in [0.2, 0.25) is 0 Å². The Labute approximate surface area is 458 Å². The molecule has 0 radical (unpaired) electrons. The first-order valence-corrected chi connectivity index (χ1v) is 27.6. The zero-order chi connectivity index (χ0) is 52.7. The van der Waals surface area contributed by atoms with Crippen molar-refractivity contribution < 1.29 is 0 Å². The van der Waals surface area contributed by atoms with Crippen molar-refractivity contribution in [1.82, 2.24) is 4.57 Å². The van der Waals surface area contributed by atoms with E-state index < -0.39 is 0 Å². The van der Waals surface area contributed by atoms with E-state index >= 15 is 0 Å². The highest BCUT2D eigenvalue weighted by Gasteiger charge is 2.46. The highest BCUT2D eigenvalue weighted by Crippen LogP contribution is 2.61. The van der Waals surface area contributed by atoms with Crippen LogP contribution in [0.3, 0.4) is 0 Å². The third kappa shape index (κ3) is 6.77. The molecule has 3 nitrogen and oxygen atoms in total. The van der Waals surface area contributed by atoms with Crippen LogP contribution in [0.15, 0.2) is 249 Å². The summed E-state index contributed by atoms with van der Waals surface area (Å²) in [6.45, 7) is 14.5. The molecule has 3 aliphatic rings. The largest absolute Gasteiger partial charge is 0.310 e. The summed E-state index contributed by atoms with van der Waals surface area (Å²) in [6, 6.07) is 92.8. The molecule has 0 saturated heterocycles. The average Bonchev–Trinajstić information content (AvgIpc) is 3.37. The highest BCUT2D eigenvalue weighted by molar-refractivity contribution is 6.10. The third-order valence-electron chi connectivity index (χ3n) is 17.9. The van der Waals surface area contributed by atoms with Crippen LogP contribution in [0, 0.1) is 0 Å². The molecule has 0 N–H and O–H groups in total. The maximum Gasteiger partial charge on any atom is 0.0544 e. The lowest BCUT2D eigenvalue weighted by molar-refractivity contribution is 0.597. The molecule has 78 heavy (non-hydrogen) atoms. The van der Waals surface area contributed by atoms with Gasteiger partial charge in [0.15, 0.2) is 0 Å². The molecule has 0 saturated carbocycles. The molecule has 3 heterocycles. The fourth-order valence-electron chi connectivity index (χ4n) is 13.8. The maximum atomic E-state index is 2.55. The maximum absolute atomic E-state index is 2.55. The van der Waals surface area contributed by atoms with Crippen LogP contribution in [0.5, 0.6) is 0 Å². The number of anilines is 6. The fraction of sp³-hybridized carbons (Fsp3) is 0.120. The molecule has 0 atom stereocenters. The quantitative estimate of drug-likeness (QED) is 0.158. The van der Waals surface area contributed by atoms with E-state index in [0.717, 1.165) is 17.1 Å². The first-order valence-electron chi connectivity index (χ1n) is 27.6. The number of para-hydroxylation sites is 4. The lowest BCUT2D eigenvalue weighted by Crippen LogP contribution is -2.38. The lowest BCUT2D eigenvalue weighted by Gasteiger charge is -2.49. The SMILES string of the molecule is CC1(C)c2cc(-c3cc4c5c(c3)C(C)(C)c3ccccc3N5c3ccccc3C4(C)C)ccc2-c2ccc(N(c3ccc(-c4ccccc4)cc3)c3ccc(-c4ccc5c(c4)c4ccccc4n5-c4ccccc4)cc3)cc21. The van der Waals surface area contributed by atoms with Gasteiger partial charge < -0.3 is 14.4 Å². The number of fused-ring (bicyclic) bond motifs is 10. The van der Waals surface area contributed by atoms with E-state index in [4.69, 9.17) is 0 Å². The Bertz CT molecular complexity index is 4300. The van der Waals surface area contributed by atoms with Crippen molar-refractivity contribution in [3.63, 3.8) is 0 Å². The number of hydrogen-bond acceptors (Lipinski definition) is 2. The first kappa shape index (κ1) is 46.1. The molecule has 3 heteroatoms. The Balaban J connectivity index is 0.817. The van der Waals surface area contributed by atoms with Crippen molar-refractivity contribution in [2.45, 2.75) is 57.8 Å².